The summed E-state index contributed by atoms with van der Waals surface area (Å²) >= 11 is 0. The number of hydrogen-bond acceptors (Lipinski definition) is 4. The van der Waals surface area contributed by atoms with Gasteiger partial charge in [-0.3, -0.25) is 9.48 Å². The highest BCUT2D eigenvalue weighted by atomic mass is 16.5. The molecule has 2 rings (SSSR count). The first-order chi connectivity index (χ1) is 6.78. The van der Waals surface area contributed by atoms with Crippen LogP contribution in [0.3, 0.4) is 0 Å². The van der Waals surface area contributed by atoms with E-state index in [1.54, 1.807) is 10.9 Å². The quantitative estimate of drug-likeness (QED) is 0.680. The second kappa shape index (κ2) is 3.45. The first kappa shape index (κ1) is 8.68. The summed E-state index contributed by atoms with van der Waals surface area (Å²) in [5.74, 6) is 0.725. The molecule has 72 valence electrons. The number of aromatic nitrogens is 3. The lowest BCUT2D eigenvalue weighted by Crippen LogP contribution is -1.98. The van der Waals surface area contributed by atoms with Gasteiger partial charge in [0.25, 0.3) is 0 Å². The third-order valence-electron chi connectivity index (χ3n) is 1.78. The zero-order valence-electron chi connectivity index (χ0n) is 7.67. The number of aryl methyl sites for hydroxylation is 1. The Balaban J connectivity index is 2.14. The lowest BCUT2D eigenvalue weighted by molar-refractivity contribution is 0.112. The fourth-order valence-corrected chi connectivity index (χ4v) is 1.18. The van der Waals surface area contributed by atoms with Crippen molar-refractivity contribution in [1.82, 2.24) is 14.9 Å². The van der Waals surface area contributed by atoms with Crippen LogP contribution in [-0.4, -0.2) is 21.2 Å². The number of carbonyl (C=O) groups is 1. The van der Waals surface area contributed by atoms with Crippen LogP contribution in [-0.2, 0) is 6.54 Å². The number of aldehydes is 1. The van der Waals surface area contributed by atoms with Crippen LogP contribution < -0.4 is 0 Å². The third-order valence-corrected chi connectivity index (χ3v) is 1.78. The molecule has 5 heteroatoms. The molecule has 0 atom stereocenters. The van der Waals surface area contributed by atoms with Crippen molar-refractivity contribution >= 4 is 6.29 Å². The van der Waals surface area contributed by atoms with Crippen molar-refractivity contribution in [3.05, 3.63) is 35.5 Å². The molecule has 0 bridgehead atoms. The minimum Gasteiger partial charge on any atom is -0.359 e. The number of rotatable bonds is 3. The maximum atomic E-state index is 10.4. The molecular formula is C9H9N3O2. The highest BCUT2D eigenvalue weighted by molar-refractivity contribution is 5.73. The fraction of sp³-hybridized carbons (Fsp3) is 0.222. The molecule has 2 aromatic rings. The highest BCUT2D eigenvalue weighted by Gasteiger charge is 2.03. The van der Waals surface area contributed by atoms with Gasteiger partial charge in [-0.1, -0.05) is 5.16 Å². The summed E-state index contributed by atoms with van der Waals surface area (Å²) in [4.78, 5) is 10.4. The van der Waals surface area contributed by atoms with E-state index in [9.17, 15) is 4.79 Å². The van der Waals surface area contributed by atoms with Crippen LogP contribution in [0.25, 0.3) is 0 Å². The van der Waals surface area contributed by atoms with Crippen molar-refractivity contribution in [3.63, 3.8) is 0 Å². The molecule has 0 aliphatic heterocycles. The van der Waals surface area contributed by atoms with Crippen molar-refractivity contribution in [1.29, 1.82) is 0 Å². The molecule has 5 nitrogen and oxygen atoms in total. The van der Waals surface area contributed by atoms with Crippen LogP contribution >= 0.6 is 0 Å². The third kappa shape index (κ3) is 1.71. The summed E-state index contributed by atoms with van der Waals surface area (Å²) in [6.45, 7) is 2.35. The molecule has 0 aliphatic rings. The van der Waals surface area contributed by atoms with E-state index in [0.29, 0.717) is 12.1 Å². The zero-order chi connectivity index (χ0) is 9.97. The number of nitrogens with zero attached hydrogens (tertiary/aromatic N) is 3. The summed E-state index contributed by atoms with van der Waals surface area (Å²) in [5.41, 5.74) is 1.39. The maximum absolute atomic E-state index is 10.4. The van der Waals surface area contributed by atoms with E-state index in [1.807, 2.05) is 13.0 Å². The maximum Gasteiger partial charge on any atom is 0.158 e. The summed E-state index contributed by atoms with van der Waals surface area (Å²) in [7, 11) is 0. The molecular weight excluding hydrogens is 182 g/mol. The highest BCUT2D eigenvalue weighted by Crippen LogP contribution is 2.04. The van der Waals surface area contributed by atoms with Gasteiger partial charge >= 0.3 is 0 Å². The van der Waals surface area contributed by atoms with Crippen LogP contribution in [0.2, 0.25) is 0 Å². The number of carbonyl (C=O) groups excluding carboxylic acids is 1. The Morgan fingerprint density at radius 2 is 2.50 bits per heavy atom. The lowest BCUT2D eigenvalue weighted by atomic mass is 10.4. The summed E-state index contributed by atoms with van der Waals surface area (Å²) < 4.78 is 6.64. The van der Waals surface area contributed by atoms with Crippen LogP contribution in [0.1, 0.15) is 21.8 Å². The lowest BCUT2D eigenvalue weighted by Gasteiger charge is -1.94. The Hall–Kier alpha value is -1.91. The Bertz CT molecular complexity index is 444. The van der Waals surface area contributed by atoms with Crippen LogP contribution in [0.4, 0.5) is 0 Å². The van der Waals surface area contributed by atoms with E-state index in [-0.39, 0.29) is 0 Å². The van der Waals surface area contributed by atoms with Gasteiger partial charge < -0.3 is 4.52 Å². The van der Waals surface area contributed by atoms with Crippen LogP contribution in [0.15, 0.2) is 23.0 Å². The molecule has 0 spiro atoms. The monoisotopic (exact) mass is 191 g/mol. The Morgan fingerprint density at radius 3 is 3.07 bits per heavy atom. The van der Waals surface area contributed by atoms with Gasteiger partial charge in [0.15, 0.2) is 12.0 Å². The molecule has 2 heterocycles. The first-order valence-electron chi connectivity index (χ1n) is 4.18. The van der Waals surface area contributed by atoms with Crippen molar-refractivity contribution in [3.8, 4) is 0 Å². The molecule has 0 aromatic carbocycles. The van der Waals surface area contributed by atoms with Crippen LogP contribution in [0, 0.1) is 6.92 Å². The smallest absolute Gasteiger partial charge is 0.158 e. The van der Waals surface area contributed by atoms with Gasteiger partial charge in [0.2, 0.25) is 0 Å². The fourth-order valence-electron chi connectivity index (χ4n) is 1.18. The Kier molecular flexibility index (Phi) is 2.14. The van der Waals surface area contributed by atoms with E-state index in [2.05, 4.69) is 10.3 Å². The first-order valence-corrected chi connectivity index (χ1v) is 4.18. The van der Waals surface area contributed by atoms with Gasteiger partial charge in [0.1, 0.15) is 6.54 Å². The predicted molar refractivity (Wildman–Crippen MR) is 48.0 cm³/mol. The SMILES string of the molecule is Cc1cc(Cn2cc(C=O)cn2)on1. The molecule has 0 saturated carbocycles. The standard InChI is InChI=1S/C9H9N3O2/c1-7-2-9(14-11-7)5-12-4-8(6-13)3-10-12/h2-4,6H,5H2,1H3. The molecule has 2 aromatic heterocycles. The number of hydrogen-bond donors (Lipinski definition) is 0. The Labute approximate surface area is 80.3 Å². The van der Waals surface area contributed by atoms with Gasteiger partial charge in [0, 0.05) is 12.3 Å². The van der Waals surface area contributed by atoms with Crippen LogP contribution in [0.5, 0.6) is 0 Å². The normalized spacial score (nSPS) is 10.4. The van der Waals surface area contributed by atoms with E-state index in [1.165, 1.54) is 6.20 Å². The summed E-state index contributed by atoms with van der Waals surface area (Å²) in [5, 5.41) is 7.74. The van der Waals surface area contributed by atoms with Gasteiger partial charge in [-0.15, -0.1) is 0 Å². The molecule has 0 fully saturated rings. The summed E-state index contributed by atoms with van der Waals surface area (Å²) in [6.07, 6.45) is 3.93. The van der Waals surface area contributed by atoms with Crippen molar-refractivity contribution in [2.24, 2.45) is 0 Å². The topological polar surface area (TPSA) is 60.9 Å². The van der Waals surface area contributed by atoms with E-state index < -0.39 is 0 Å². The largest absolute Gasteiger partial charge is 0.359 e. The zero-order valence-corrected chi connectivity index (χ0v) is 7.67. The average Bonchev–Trinajstić information content (AvgIpc) is 2.76. The van der Waals surface area contributed by atoms with Crippen molar-refractivity contribution < 1.29 is 9.32 Å². The van der Waals surface area contributed by atoms with E-state index >= 15 is 0 Å². The van der Waals surface area contributed by atoms with Crippen molar-refractivity contribution in [2.45, 2.75) is 13.5 Å². The molecule has 0 N–H and O–H groups in total. The minimum absolute atomic E-state index is 0.495. The molecule has 0 aliphatic carbocycles. The summed E-state index contributed by atoms with van der Waals surface area (Å²) in [6, 6.07) is 1.84. The van der Waals surface area contributed by atoms with Crippen molar-refractivity contribution in [2.75, 3.05) is 0 Å². The molecule has 0 saturated heterocycles. The molecule has 0 unspecified atom stereocenters. The predicted octanol–water partition coefficient (Wildman–Crippen LogP) is 1.04. The second-order valence-electron chi connectivity index (χ2n) is 3.02. The molecule has 0 amide bonds. The molecule has 14 heavy (non-hydrogen) atoms. The van der Waals surface area contributed by atoms with E-state index in [0.717, 1.165) is 17.7 Å². The van der Waals surface area contributed by atoms with Gasteiger partial charge in [-0.05, 0) is 6.92 Å². The van der Waals surface area contributed by atoms with E-state index in [4.69, 9.17) is 4.52 Å². The second-order valence-corrected chi connectivity index (χ2v) is 3.02. The van der Waals surface area contributed by atoms with Gasteiger partial charge in [-0.2, -0.15) is 5.10 Å². The Morgan fingerprint density at radius 1 is 1.64 bits per heavy atom. The van der Waals surface area contributed by atoms with Gasteiger partial charge in [-0.25, -0.2) is 0 Å². The minimum atomic E-state index is 0.495. The average molecular weight is 191 g/mol. The molecule has 0 radical (unpaired) electrons. The van der Waals surface area contributed by atoms with Gasteiger partial charge in [0.05, 0.1) is 17.5 Å².